The van der Waals surface area contributed by atoms with Crippen LogP contribution in [-0.4, -0.2) is 37.2 Å². The van der Waals surface area contributed by atoms with Gasteiger partial charge in [0.15, 0.2) is 6.10 Å². The van der Waals surface area contributed by atoms with Gasteiger partial charge in [0.25, 0.3) is 0 Å². The number of allylic oxidation sites excluding steroid dienone is 26. The molecule has 0 radical (unpaired) electrons. The molecule has 0 heterocycles. The Bertz CT molecular complexity index is 1660. The number of ether oxygens (including phenoxy) is 3. The molecular formula is C66H102O6. The number of carbonyl (C=O) groups excluding carboxylic acids is 3. The molecule has 0 spiro atoms. The van der Waals surface area contributed by atoms with Crippen LogP contribution in [0, 0.1) is 0 Å². The maximum Gasteiger partial charge on any atom is 0.306 e. The number of rotatable bonds is 49. The fourth-order valence-corrected chi connectivity index (χ4v) is 7.22. The second-order valence-corrected chi connectivity index (χ2v) is 18.3. The molecule has 0 saturated heterocycles. The monoisotopic (exact) mass is 991 g/mol. The Labute approximate surface area is 441 Å². The van der Waals surface area contributed by atoms with E-state index in [1.54, 1.807) is 0 Å². The van der Waals surface area contributed by atoms with E-state index in [0.29, 0.717) is 12.8 Å². The summed E-state index contributed by atoms with van der Waals surface area (Å²) in [5.74, 6) is -1.05. The van der Waals surface area contributed by atoms with Gasteiger partial charge in [0.2, 0.25) is 0 Å². The molecule has 0 aromatic rings. The highest BCUT2D eigenvalue weighted by molar-refractivity contribution is 5.71. The highest BCUT2D eigenvalue weighted by Gasteiger charge is 2.19. The van der Waals surface area contributed by atoms with Gasteiger partial charge >= 0.3 is 17.9 Å². The fraction of sp³-hybridized carbons (Fsp3) is 0.561. The molecule has 1 atom stereocenters. The van der Waals surface area contributed by atoms with Crippen molar-refractivity contribution < 1.29 is 28.6 Å². The molecule has 0 aliphatic rings. The summed E-state index contributed by atoms with van der Waals surface area (Å²) in [7, 11) is 0. The van der Waals surface area contributed by atoms with Crippen LogP contribution in [0.5, 0.6) is 0 Å². The first-order valence-corrected chi connectivity index (χ1v) is 28.6. The van der Waals surface area contributed by atoms with Crippen molar-refractivity contribution in [3.8, 4) is 0 Å². The van der Waals surface area contributed by atoms with E-state index in [9.17, 15) is 14.4 Å². The van der Waals surface area contributed by atoms with Gasteiger partial charge in [0.1, 0.15) is 13.2 Å². The van der Waals surface area contributed by atoms with Crippen LogP contribution in [-0.2, 0) is 28.6 Å². The van der Waals surface area contributed by atoms with Crippen LogP contribution < -0.4 is 0 Å². The summed E-state index contributed by atoms with van der Waals surface area (Å²) in [5.41, 5.74) is 0. The summed E-state index contributed by atoms with van der Waals surface area (Å²) >= 11 is 0. The number of unbranched alkanes of at least 4 members (excludes halogenated alkanes) is 18. The first kappa shape index (κ1) is 67.0. The second kappa shape index (κ2) is 58.6. The molecule has 402 valence electrons. The van der Waals surface area contributed by atoms with Crippen LogP contribution in [0.3, 0.4) is 0 Å². The van der Waals surface area contributed by atoms with Gasteiger partial charge in [-0.25, -0.2) is 0 Å². The van der Waals surface area contributed by atoms with E-state index < -0.39 is 6.10 Å². The molecule has 0 aromatic carbocycles. The topological polar surface area (TPSA) is 78.9 Å². The Morgan fingerprint density at radius 2 is 0.625 bits per heavy atom. The summed E-state index contributed by atoms with van der Waals surface area (Å²) in [6.07, 6.45) is 85.2. The minimum atomic E-state index is -0.833. The van der Waals surface area contributed by atoms with Crippen molar-refractivity contribution in [1.29, 1.82) is 0 Å². The predicted molar refractivity (Wildman–Crippen MR) is 311 cm³/mol. The normalized spacial score (nSPS) is 13.3. The minimum Gasteiger partial charge on any atom is -0.462 e. The van der Waals surface area contributed by atoms with Crippen molar-refractivity contribution in [3.05, 3.63) is 158 Å². The van der Waals surface area contributed by atoms with Crippen molar-refractivity contribution in [2.75, 3.05) is 13.2 Å². The van der Waals surface area contributed by atoms with Crippen LogP contribution in [0.4, 0.5) is 0 Å². The van der Waals surface area contributed by atoms with E-state index >= 15 is 0 Å². The van der Waals surface area contributed by atoms with Crippen LogP contribution in [0.2, 0.25) is 0 Å². The zero-order chi connectivity index (χ0) is 52.2. The first-order chi connectivity index (χ1) is 35.5. The van der Waals surface area contributed by atoms with E-state index in [0.717, 1.165) is 96.3 Å². The van der Waals surface area contributed by atoms with Crippen molar-refractivity contribution in [2.24, 2.45) is 0 Å². The average Bonchev–Trinajstić information content (AvgIpc) is 3.38. The molecule has 0 aliphatic carbocycles. The number of carbonyl (C=O) groups is 3. The van der Waals surface area contributed by atoms with Gasteiger partial charge in [0.05, 0.1) is 0 Å². The van der Waals surface area contributed by atoms with E-state index in [1.807, 2.05) is 72.9 Å². The first-order valence-electron chi connectivity index (χ1n) is 28.6. The van der Waals surface area contributed by atoms with Gasteiger partial charge < -0.3 is 14.2 Å². The summed E-state index contributed by atoms with van der Waals surface area (Å²) in [6.45, 7) is 6.27. The Morgan fingerprint density at radius 1 is 0.306 bits per heavy atom. The Balaban J connectivity index is 4.62. The van der Waals surface area contributed by atoms with Crippen LogP contribution in [0.15, 0.2) is 158 Å². The van der Waals surface area contributed by atoms with Crippen molar-refractivity contribution >= 4 is 17.9 Å². The highest BCUT2D eigenvalue weighted by Crippen LogP contribution is 2.13. The third-order valence-electron chi connectivity index (χ3n) is 11.4. The molecule has 1 unspecified atom stereocenters. The summed E-state index contributed by atoms with van der Waals surface area (Å²) in [5, 5.41) is 0. The Kier molecular flexibility index (Phi) is 54.6. The van der Waals surface area contributed by atoms with Gasteiger partial charge in [-0.1, -0.05) is 256 Å². The third kappa shape index (κ3) is 56.0. The van der Waals surface area contributed by atoms with Crippen LogP contribution in [0.1, 0.15) is 220 Å². The van der Waals surface area contributed by atoms with E-state index in [2.05, 4.69) is 106 Å². The third-order valence-corrected chi connectivity index (χ3v) is 11.4. The summed E-state index contributed by atoms with van der Waals surface area (Å²) in [6, 6.07) is 0. The lowest BCUT2D eigenvalue weighted by Gasteiger charge is -2.18. The maximum atomic E-state index is 12.9. The van der Waals surface area contributed by atoms with Crippen molar-refractivity contribution in [1.82, 2.24) is 0 Å². The van der Waals surface area contributed by atoms with Crippen LogP contribution >= 0.6 is 0 Å². The molecule has 0 saturated carbocycles. The highest BCUT2D eigenvalue weighted by atomic mass is 16.6. The van der Waals surface area contributed by atoms with E-state index in [1.165, 1.54) is 70.6 Å². The smallest absolute Gasteiger partial charge is 0.306 e. The molecular weight excluding hydrogens is 889 g/mol. The van der Waals surface area contributed by atoms with E-state index in [4.69, 9.17) is 14.2 Å². The molecule has 0 aromatic heterocycles. The zero-order valence-electron chi connectivity index (χ0n) is 45.9. The van der Waals surface area contributed by atoms with Gasteiger partial charge in [-0.2, -0.15) is 0 Å². The summed E-state index contributed by atoms with van der Waals surface area (Å²) in [4.78, 5) is 38.2. The lowest BCUT2D eigenvalue weighted by Crippen LogP contribution is -2.30. The maximum absolute atomic E-state index is 12.9. The quantitative estimate of drug-likeness (QED) is 0.0199. The molecule has 0 N–H and O–H groups in total. The Hall–Kier alpha value is -4.97. The van der Waals surface area contributed by atoms with Gasteiger partial charge in [-0.05, 0) is 103 Å². The molecule has 0 rings (SSSR count). The van der Waals surface area contributed by atoms with Crippen molar-refractivity contribution in [2.45, 2.75) is 226 Å². The van der Waals surface area contributed by atoms with Gasteiger partial charge in [0, 0.05) is 19.3 Å². The minimum absolute atomic E-state index is 0.130. The molecule has 0 aliphatic heterocycles. The SMILES string of the molecule is CC\C=C/C=C\C=C/C=C\C=C\C=C/C=C\CCCCCC(=O)OCC(COC(=O)CCC/C=C\C/C=C\C/C=C\C/C=C\C/C=C\CC)OC(=O)CCCCCCC/C=C\CCCCCCCCCCC. The molecule has 0 fully saturated rings. The van der Waals surface area contributed by atoms with E-state index in [-0.39, 0.29) is 50.4 Å². The lowest BCUT2D eigenvalue weighted by atomic mass is 10.1. The fourth-order valence-electron chi connectivity index (χ4n) is 7.22. The molecule has 6 nitrogen and oxygen atoms in total. The van der Waals surface area contributed by atoms with Crippen LogP contribution in [0.25, 0.3) is 0 Å². The molecule has 6 heteroatoms. The second-order valence-electron chi connectivity index (χ2n) is 18.3. The predicted octanol–water partition coefficient (Wildman–Crippen LogP) is 19.4. The largest absolute Gasteiger partial charge is 0.462 e. The summed E-state index contributed by atoms with van der Waals surface area (Å²) < 4.78 is 16.8. The molecule has 0 bridgehead atoms. The number of hydrogen-bond acceptors (Lipinski definition) is 6. The molecule has 72 heavy (non-hydrogen) atoms. The standard InChI is InChI=1S/C66H102O6/c1-4-7-10-13-16-19-22-25-28-31-33-36-38-41-44-47-50-53-56-59-65(68)71-62-63(61-70-64(67)58-55-52-49-46-43-40-37-34-30-27-24-21-18-15-12-9-6-3)72-66(69)60-57-54-51-48-45-42-39-35-32-29-26-23-20-17-14-11-8-5-2/h7,9-10,12-13,16,18-19,21-22,25,27-28,30-31,33,35-41,44,46,49,63H,4-6,8,11,14-15,17,20,23-24,26,29,32,34,42-43,45,47-48,50-62H2,1-3H3/b10-7-,12-9-,16-13-,21-18-,22-19-,28-25-,30-27-,33-31+,38-36-,39-35-,40-37-,44-41-,49-46-. The van der Waals surface area contributed by atoms with Gasteiger partial charge in [-0.3, -0.25) is 14.4 Å². The number of hydrogen-bond donors (Lipinski definition) is 0. The zero-order valence-corrected chi connectivity index (χ0v) is 45.9. The molecule has 0 amide bonds. The van der Waals surface area contributed by atoms with Crippen molar-refractivity contribution in [3.63, 3.8) is 0 Å². The van der Waals surface area contributed by atoms with Gasteiger partial charge in [-0.15, -0.1) is 0 Å². The lowest BCUT2D eigenvalue weighted by molar-refractivity contribution is -0.167. The average molecular weight is 992 g/mol. The Morgan fingerprint density at radius 3 is 1.10 bits per heavy atom. The number of esters is 3.